The minimum absolute atomic E-state index is 0.0798. The fourth-order valence-corrected chi connectivity index (χ4v) is 4.43. The summed E-state index contributed by atoms with van der Waals surface area (Å²) in [6, 6.07) is 10.2. The fourth-order valence-electron chi connectivity index (χ4n) is 3.52. The van der Waals surface area contributed by atoms with E-state index in [1.54, 1.807) is 25.1 Å². The monoisotopic (exact) mass is 549 g/mol. The average molecular weight is 550 g/mol. The summed E-state index contributed by atoms with van der Waals surface area (Å²) in [7, 11) is 0. The first-order valence-electron chi connectivity index (χ1n) is 11.9. The maximum Gasteiger partial charge on any atom is 0.416 e. The number of nitrogens with zero attached hydrogens (tertiary/aromatic N) is 1. The van der Waals surface area contributed by atoms with Gasteiger partial charge in [0.1, 0.15) is 19.3 Å². The summed E-state index contributed by atoms with van der Waals surface area (Å²) < 4.78 is 54.5. The van der Waals surface area contributed by atoms with Crippen LogP contribution in [0.3, 0.4) is 0 Å². The van der Waals surface area contributed by atoms with Gasteiger partial charge in [-0.15, -0.1) is 11.3 Å². The topological polar surface area (TPSA) is 113 Å². The first kappa shape index (κ1) is 27.4. The van der Waals surface area contributed by atoms with Gasteiger partial charge < -0.3 is 25.3 Å². The largest absolute Gasteiger partial charge is 0.486 e. The number of carbonyl (C=O) groups is 2. The molecule has 8 nitrogen and oxygen atoms in total. The summed E-state index contributed by atoms with van der Waals surface area (Å²) >= 11 is 1.18. The van der Waals surface area contributed by atoms with Crippen molar-refractivity contribution in [3.8, 4) is 21.9 Å². The van der Waals surface area contributed by atoms with Crippen molar-refractivity contribution < 1.29 is 37.0 Å². The van der Waals surface area contributed by atoms with Gasteiger partial charge in [0.2, 0.25) is 0 Å². The third-order valence-electron chi connectivity index (χ3n) is 5.42. The third-order valence-corrected chi connectivity index (χ3v) is 6.44. The van der Waals surface area contributed by atoms with Gasteiger partial charge in [0.25, 0.3) is 5.91 Å². The van der Waals surface area contributed by atoms with Crippen LogP contribution in [0.5, 0.6) is 11.5 Å². The molecule has 0 bridgehead atoms. The number of rotatable bonds is 6. The van der Waals surface area contributed by atoms with E-state index in [9.17, 15) is 22.8 Å². The van der Waals surface area contributed by atoms with E-state index in [0.717, 1.165) is 25.0 Å². The van der Waals surface area contributed by atoms with Gasteiger partial charge >= 0.3 is 12.1 Å². The number of nitrogens with one attached hydrogen (secondary N) is 1. The van der Waals surface area contributed by atoms with Crippen LogP contribution in [0.1, 0.15) is 44.3 Å². The number of carbonyl (C=O) groups excluding carboxylic acids is 2. The van der Waals surface area contributed by atoms with E-state index in [0.29, 0.717) is 58.8 Å². The summed E-state index contributed by atoms with van der Waals surface area (Å²) in [4.78, 5) is 28.4. The van der Waals surface area contributed by atoms with Crippen molar-refractivity contribution in [1.29, 1.82) is 0 Å². The maximum absolute atomic E-state index is 12.8. The second-order valence-electron chi connectivity index (χ2n) is 8.47. The zero-order chi connectivity index (χ0) is 27.3. The van der Waals surface area contributed by atoms with Gasteiger partial charge in [-0.2, -0.15) is 13.2 Å². The first-order valence-corrected chi connectivity index (χ1v) is 12.7. The van der Waals surface area contributed by atoms with Crippen molar-refractivity contribution in [2.75, 3.05) is 26.3 Å². The van der Waals surface area contributed by atoms with Crippen LogP contribution in [0.15, 0.2) is 42.5 Å². The van der Waals surface area contributed by atoms with Crippen LogP contribution >= 0.6 is 11.3 Å². The molecule has 1 amide bonds. The minimum atomic E-state index is -4.43. The number of hydrogen-bond acceptors (Lipinski definition) is 8. The molecule has 0 spiro atoms. The predicted molar refractivity (Wildman–Crippen MR) is 135 cm³/mol. The molecule has 5 rings (SSSR count). The lowest BCUT2D eigenvalue weighted by atomic mass is 10.1. The van der Waals surface area contributed by atoms with Gasteiger partial charge in [-0.05, 0) is 49.6 Å². The molecule has 1 aliphatic carbocycles. The molecule has 1 saturated carbocycles. The lowest BCUT2D eigenvalue weighted by Gasteiger charge is -2.20. The predicted octanol–water partition coefficient (Wildman–Crippen LogP) is 4.60. The standard InChI is InChI=1S/C15H12F3NO2S.C11H14N2O3/c1-8-19-12(14(20)21-11-5-6-11)13(22-8)9-3-2-4-10(7-9)15(16,17)18;12-4-5-13-11(14)8-2-1-3-9-10(8)16-7-6-15-9/h2-4,7,11H,5-6H2,1H3;1-3H,4-7,12H2,(H,13,14). The highest BCUT2D eigenvalue weighted by atomic mass is 32.1. The van der Waals surface area contributed by atoms with Crippen molar-refractivity contribution in [2.24, 2.45) is 5.73 Å². The second kappa shape index (κ2) is 11.8. The van der Waals surface area contributed by atoms with Gasteiger partial charge in [0.15, 0.2) is 17.2 Å². The van der Waals surface area contributed by atoms with Gasteiger partial charge in [-0.1, -0.05) is 18.2 Å². The van der Waals surface area contributed by atoms with E-state index in [-0.39, 0.29) is 17.7 Å². The zero-order valence-corrected chi connectivity index (χ0v) is 21.3. The average Bonchev–Trinajstić information content (AvgIpc) is 3.64. The molecule has 38 heavy (non-hydrogen) atoms. The number of fused-ring (bicyclic) bond motifs is 1. The summed E-state index contributed by atoms with van der Waals surface area (Å²) in [6.07, 6.45) is -2.85. The van der Waals surface area contributed by atoms with Crippen molar-refractivity contribution in [3.63, 3.8) is 0 Å². The number of ether oxygens (including phenoxy) is 3. The molecule has 12 heteroatoms. The second-order valence-corrected chi connectivity index (χ2v) is 9.67. The highest BCUT2D eigenvalue weighted by Crippen LogP contribution is 2.37. The smallest absolute Gasteiger partial charge is 0.416 e. The minimum Gasteiger partial charge on any atom is -0.486 e. The summed E-state index contributed by atoms with van der Waals surface area (Å²) in [5.74, 6) is 0.377. The summed E-state index contributed by atoms with van der Waals surface area (Å²) in [5, 5.41) is 3.31. The quantitative estimate of drug-likeness (QED) is 0.432. The van der Waals surface area contributed by atoms with Crippen molar-refractivity contribution >= 4 is 23.2 Å². The lowest BCUT2D eigenvalue weighted by Crippen LogP contribution is -2.30. The van der Waals surface area contributed by atoms with Crippen LogP contribution in [0.2, 0.25) is 0 Å². The molecule has 0 radical (unpaired) electrons. The van der Waals surface area contributed by atoms with Gasteiger partial charge in [0, 0.05) is 13.1 Å². The molecule has 2 aromatic carbocycles. The molecule has 0 saturated heterocycles. The molecule has 3 aromatic rings. The summed E-state index contributed by atoms with van der Waals surface area (Å²) in [5.41, 5.74) is 5.47. The Balaban J connectivity index is 0.000000186. The molecule has 1 aliphatic heterocycles. The van der Waals surface area contributed by atoms with E-state index in [2.05, 4.69) is 10.3 Å². The molecular weight excluding hydrogens is 523 g/mol. The van der Waals surface area contributed by atoms with Crippen molar-refractivity contribution in [3.05, 3.63) is 64.3 Å². The molecular formula is C26H26F3N3O5S. The molecule has 1 aromatic heterocycles. The molecule has 3 N–H and O–H groups in total. The number of benzene rings is 2. The normalized spacial score (nSPS) is 14.2. The zero-order valence-electron chi connectivity index (χ0n) is 20.5. The van der Waals surface area contributed by atoms with Gasteiger partial charge in [0.05, 0.1) is 21.0 Å². The number of halogens is 3. The van der Waals surface area contributed by atoms with Crippen LogP contribution in [0.25, 0.3) is 10.4 Å². The number of aryl methyl sites for hydroxylation is 1. The van der Waals surface area contributed by atoms with Crippen molar-refractivity contribution in [2.45, 2.75) is 32.0 Å². The van der Waals surface area contributed by atoms with Crippen LogP contribution in [0.4, 0.5) is 13.2 Å². The SMILES string of the molecule is Cc1nc(C(=O)OC2CC2)c(-c2cccc(C(F)(F)F)c2)s1.NCCNC(=O)c1cccc2c1OCCO2. The Bertz CT molecular complexity index is 1310. The molecule has 202 valence electrons. The Morgan fingerprint density at radius 3 is 2.61 bits per heavy atom. The van der Waals surface area contributed by atoms with E-state index >= 15 is 0 Å². The molecule has 0 atom stereocenters. The Morgan fingerprint density at radius 2 is 1.89 bits per heavy atom. The van der Waals surface area contributed by atoms with E-state index in [1.165, 1.54) is 23.5 Å². The third kappa shape index (κ3) is 6.81. The Labute approximate surface area is 220 Å². The molecule has 1 fully saturated rings. The van der Waals surface area contributed by atoms with E-state index < -0.39 is 17.7 Å². The molecule has 2 heterocycles. The number of hydrogen-bond donors (Lipinski definition) is 2. The first-order chi connectivity index (χ1) is 18.2. The number of aromatic nitrogens is 1. The Morgan fingerprint density at radius 1 is 1.16 bits per heavy atom. The van der Waals surface area contributed by atoms with E-state index in [1.807, 2.05) is 0 Å². The highest BCUT2D eigenvalue weighted by molar-refractivity contribution is 7.15. The maximum atomic E-state index is 12.8. The summed E-state index contributed by atoms with van der Waals surface area (Å²) in [6.45, 7) is 3.55. The number of esters is 1. The van der Waals surface area contributed by atoms with Gasteiger partial charge in [-0.25, -0.2) is 9.78 Å². The van der Waals surface area contributed by atoms with Crippen LogP contribution in [0, 0.1) is 6.92 Å². The Hall–Kier alpha value is -3.64. The van der Waals surface area contributed by atoms with Crippen molar-refractivity contribution in [1.82, 2.24) is 10.3 Å². The molecule has 2 aliphatic rings. The number of para-hydroxylation sites is 1. The van der Waals surface area contributed by atoms with Gasteiger partial charge in [-0.3, -0.25) is 4.79 Å². The number of amides is 1. The lowest BCUT2D eigenvalue weighted by molar-refractivity contribution is -0.137. The Kier molecular flexibility index (Phi) is 8.52. The van der Waals surface area contributed by atoms with Crippen LogP contribution < -0.4 is 20.5 Å². The van der Waals surface area contributed by atoms with E-state index in [4.69, 9.17) is 19.9 Å². The number of alkyl halides is 3. The molecule has 0 unspecified atom stereocenters. The van der Waals surface area contributed by atoms with Crippen LogP contribution in [-0.4, -0.2) is 49.3 Å². The highest BCUT2D eigenvalue weighted by Gasteiger charge is 2.32. The van der Waals surface area contributed by atoms with Crippen LogP contribution in [-0.2, 0) is 10.9 Å². The number of thiazole rings is 1. The fraction of sp³-hybridized carbons (Fsp3) is 0.346. The number of nitrogens with two attached hydrogens (primary N) is 1.